The van der Waals surface area contributed by atoms with Gasteiger partial charge in [-0.15, -0.1) is 0 Å². The van der Waals surface area contributed by atoms with Crippen molar-refractivity contribution in [2.75, 3.05) is 26.2 Å². The predicted octanol–water partition coefficient (Wildman–Crippen LogP) is 3.50. The maximum atomic E-state index is 13.4. The Morgan fingerprint density at radius 1 is 1.10 bits per heavy atom. The second-order valence-corrected chi connectivity index (χ2v) is 10.5. The Balaban J connectivity index is 1.39. The quantitative estimate of drug-likeness (QED) is 0.155. The number of benzene rings is 2. The van der Waals surface area contributed by atoms with Crippen LogP contribution in [0.2, 0.25) is 0 Å². The van der Waals surface area contributed by atoms with E-state index in [9.17, 15) is 19.7 Å². The van der Waals surface area contributed by atoms with Gasteiger partial charge in [-0.1, -0.05) is 42.5 Å². The van der Waals surface area contributed by atoms with Crippen LogP contribution in [0.15, 0.2) is 77.1 Å². The molecule has 2 heterocycles. The number of nitrogens with zero attached hydrogens (tertiary/aromatic N) is 2. The molecule has 5 N–H and O–H groups in total. The van der Waals surface area contributed by atoms with Crippen LogP contribution in [0.4, 0.5) is 5.69 Å². The third-order valence-electron chi connectivity index (χ3n) is 8.02. The van der Waals surface area contributed by atoms with Gasteiger partial charge in [-0.25, -0.2) is 0 Å². The van der Waals surface area contributed by atoms with Gasteiger partial charge in [0.2, 0.25) is 11.8 Å². The van der Waals surface area contributed by atoms with Gasteiger partial charge in [0.15, 0.2) is 0 Å². The molecule has 0 aromatic heterocycles. The van der Waals surface area contributed by atoms with E-state index in [1.807, 2.05) is 18.2 Å². The first-order valence-corrected chi connectivity index (χ1v) is 13.5. The molecule has 1 unspecified atom stereocenters. The monoisotopic (exact) mass is 544 g/mol. The molecule has 1 saturated heterocycles. The summed E-state index contributed by atoms with van der Waals surface area (Å²) in [6.07, 6.45) is 4.09. The summed E-state index contributed by atoms with van der Waals surface area (Å²) in [6.45, 7) is 6.51. The fraction of sp³-hybridized carbons (Fsp3) is 0.367. The number of nitrogens with two attached hydrogens (primary N) is 1. The number of rotatable bonds is 10. The minimum Gasteiger partial charge on any atom is -0.366 e. The summed E-state index contributed by atoms with van der Waals surface area (Å²) >= 11 is 0. The molecule has 2 aliphatic heterocycles. The molecule has 10 nitrogen and oxygen atoms in total. The second kappa shape index (κ2) is 12.3. The molecule has 0 aliphatic carbocycles. The lowest BCUT2D eigenvalue weighted by atomic mass is 9.74. The summed E-state index contributed by atoms with van der Waals surface area (Å²) in [5.41, 5.74) is 8.95. The number of likely N-dealkylation sites (tertiary alicyclic amines) is 1. The first kappa shape index (κ1) is 28.7. The van der Waals surface area contributed by atoms with E-state index in [2.05, 4.69) is 27.7 Å². The summed E-state index contributed by atoms with van der Waals surface area (Å²) in [5, 5.41) is 25.3. The van der Waals surface area contributed by atoms with Crippen LogP contribution < -0.4 is 16.4 Å². The molecular weight excluding hydrogens is 508 g/mol. The van der Waals surface area contributed by atoms with Gasteiger partial charge in [-0.2, -0.15) is 0 Å². The maximum Gasteiger partial charge on any atom is 0.269 e. The Labute approximate surface area is 234 Å². The molecule has 4 rings (SSSR count). The van der Waals surface area contributed by atoms with Crippen molar-refractivity contribution < 1.29 is 14.5 Å². The highest BCUT2D eigenvalue weighted by atomic mass is 16.6. The van der Waals surface area contributed by atoms with E-state index in [0.29, 0.717) is 29.1 Å². The molecule has 210 valence electrons. The van der Waals surface area contributed by atoms with E-state index < -0.39 is 16.7 Å². The van der Waals surface area contributed by atoms with Crippen LogP contribution in [-0.4, -0.2) is 54.0 Å². The zero-order chi connectivity index (χ0) is 28.9. The van der Waals surface area contributed by atoms with Crippen molar-refractivity contribution in [2.24, 2.45) is 5.73 Å². The van der Waals surface area contributed by atoms with Crippen molar-refractivity contribution in [2.45, 2.75) is 44.4 Å². The molecule has 2 aromatic rings. The molecule has 0 saturated carbocycles. The van der Waals surface area contributed by atoms with Crippen molar-refractivity contribution in [1.82, 2.24) is 15.5 Å². The summed E-state index contributed by atoms with van der Waals surface area (Å²) in [7, 11) is 0. The molecule has 0 radical (unpaired) electrons. The van der Waals surface area contributed by atoms with Gasteiger partial charge in [-0.3, -0.25) is 19.7 Å². The van der Waals surface area contributed by atoms with Gasteiger partial charge < -0.3 is 26.7 Å². The van der Waals surface area contributed by atoms with Crippen molar-refractivity contribution in [3.05, 3.63) is 98.4 Å². The van der Waals surface area contributed by atoms with E-state index in [4.69, 9.17) is 11.1 Å². The Bertz CT molecular complexity index is 1340. The SMILES string of the molecule is CC1=C(C(N)=O)C(c2ccc([N+](=O)[O-])cc2)C(C(=O)NCCCN2CCC(C=N)(c3ccccc3)CC2)=C(C)N1. The van der Waals surface area contributed by atoms with E-state index in [-0.39, 0.29) is 22.6 Å². The lowest BCUT2D eigenvalue weighted by molar-refractivity contribution is -0.384. The second-order valence-electron chi connectivity index (χ2n) is 10.5. The van der Waals surface area contributed by atoms with Gasteiger partial charge in [-0.05, 0) is 63.9 Å². The highest BCUT2D eigenvalue weighted by Crippen LogP contribution is 2.38. The summed E-state index contributed by atoms with van der Waals surface area (Å²) in [6, 6.07) is 16.1. The van der Waals surface area contributed by atoms with Gasteiger partial charge in [0.25, 0.3) is 5.69 Å². The zero-order valence-electron chi connectivity index (χ0n) is 22.9. The molecule has 2 aliphatic rings. The summed E-state index contributed by atoms with van der Waals surface area (Å²) in [4.78, 5) is 38.9. The number of carbonyl (C=O) groups is 2. The van der Waals surface area contributed by atoms with Gasteiger partial charge in [0.05, 0.1) is 4.92 Å². The molecule has 40 heavy (non-hydrogen) atoms. The number of nitrogens with one attached hydrogen (secondary N) is 3. The zero-order valence-corrected chi connectivity index (χ0v) is 22.9. The number of dihydropyridines is 1. The van der Waals surface area contributed by atoms with E-state index in [1.54, 1.807) is 32.2 Å². The van der Waals surface area contributed by atoms with Crippen LogP contribution in [0.1, 0.15) is 50.2 Å². The molecule has 2 amide bonds. The fourth-order valence-corrected chi connectivity index (χ4v) is 5.81. The molecule has 1 atom stereocenters. The highest BCUT2D eigenvalue weighted by Gasteiger charge is 2.36. The van der Waals surface area contributed by atoms with Crippen LogP contribution >= 0.6 is 0 Å². The normalized spacial score (nSPS) is 19.1. The van der Waals surface area contributed by atoms with Crippen LogP contribution in [-0.2, 0) is 15.0 Å². The maximum absolute atomic E-state index is 13.4. The highest BCUT2D eigenvalue weighted by molar-refractivity contribution is 6.03. The fourth-order valence-electron chi connectivity index (χ4n) is 5.81. The van der Waals surface area contributed by atoms with Crippen LogP contribution in [0.3, 0.4) is 0 Å². The molecule has 0 bridgehead atoms. The summed E-state index contributed by atoms with van der Waals surface area (Å²) < 4.78 is 0. The number of nitro benzene ring substituents is 1. The van der Waals surface area contributed by atoms with Crippen molar-refractivity contribution in [3.63, 3.8) is 0 Å². The number of hydrogen-bond donors (Lipinski definition) is 4. The van der Waals surface area contributed by atoms with E-state index in [0.717, 1.165) is 38.9 Å². The molecule has 2 aromatic carbocycles. The number of non-ortho nitro benzene ring substituents is 1. The minimum absolute atomic E-state index is 0.0787. The van der Waals surface area contributed by atoms with Crippen LogP contribution in [0.5, 0.6) is 0 Å². The van der Waals surface area contributed by atoms with Crippen molar-refractivity contribution in [3.8, 4) is 0 Å². The Morgan fingerprint density at radius 2 is 1.73 bits per heavy atom. The minimum atomic E-state index is -0.742. The number of piperidine rings is 1. The number of primary amides is 1. The molecule has 10 heteroatoms. The molecular formula is C30H36N6O4. The standard InChI is InChI=1S/C30H36N6O4/c1-20-25(28(32)37)27(22-9-11-24(12-10-22)36(39)40)26(21(2)34-20)29(38)33-15-6-16-35-17-13-30(19-31,14-18-35)23-7-4-3-5-8-23/h3-5,7-12,19,27,31,34H,6,13-18H2,1-2H3,(H2,32,37)(H,33,38). The third kappa shape index (κ3) is 5.96. The number of allylic oxidation sites excluding steroid dienone is 2. The van der Waals surface area contributed by atoms with Crippen LogP contribution in [0.25, 0.3) is 0 Å². The smallest absolute Gasteiger partial charge is 0.269 e. The number of nitro groups is 1. The van der Waals surface area contributed by atoms with Gasteiger partial charge >= 0.3 is 0 Å². The van der Waals surface area contributed by atoms with Crippen LogP contribution in [0, 0.1) is 15.5 Å². The lowest BCUT2D eigenvalue weighted by Crippen LogP contribution is -2.44. The number of carbonyl (C=O) groups excluding carboxylic acids is 2. The lowest BCUT2D eigenvalue weighted by Gasteiger charge is -2.39. The number of amides is 2. The van der Waals surface area contributed by atoms with E-state index in [1.165, 1.54) is 17.7 Å². The van der Waals surface area contributed by atoms with E-state index >= 15 is 0 Å². The summed E-state index contributed by atoms with van der Waals surface area (Å²) in [5.74, 6) is -1.72. The van der Waals surface area contributed by atoms with Gasteiger partial charge in [0.1, 0.15) is 0 Å². The van der Waals surface area contributed by atoms with Crippen molar-refractivity contribution >= 4 is 23.7 Å². The van der Waals surface area contributed by atoms with Gasteiger partial charge in [0, 0.05) is 58.8 Å². The Hall–Kier alpha value is -4.31. The molecule has 0 spiro atoms. The Kier molecular flexibility index (Phi) is 8.79. The average Bonchev–Trinajstić information content (AvgIpc) is 2.95. The Morgan fingerprint density at radius 3 is 2.30 bits per heavy atom. The first-order valence-electron chi connectivity index (χ1n) is 13.5. The van der Waals surface area contributed by atoms with Crippen molar-refractivity contribution in [1.29, 1.82) is 5.41 Å². The topological polar surface area (TPSA) is 154 Å². The number of hydrogen-bond acceptors (Lipinski definition) is 7. The predicted molar refractivity (Wildman–Crippen MR) is 154 cm³/mol. The largest absolute Gasteiger partial charge is 0.366 e. The average molecular weight is 545 g/mol. The molecule has 1 fully saturated rings. The third-order valence-corrected chi connectivity index (χ3v) is 8.02. The first-order chi connectivity index (χ1) is 19.2.